The lowest BCUT2D eigenvalue weighted by atomic mass is 10.2. The van der Waals surface area contributed by atoms with Gasteiger partial charge in [-0.05, 0) is 42.8 Å². The van der Waals surface area contributed by atoms with Gasteiger partial charge in [-0.25, -0.2) is 4.98 Å². The van der Waals surface area contributed by atoms with Gasteiger partial charge in [0.2, 0.25) is 0 Å². The molecule has 1 aromatic carbocycles. The fourth-order valence-electron chi connectivity index (χ4n) is 1.66. The van der Waals surface area contributed by atoms with Crippen molar-refractivity contribution in [2.45, 2.75) is 19.8 Å². The highest BCUT2D eigenvalue weighted by atomic mass is 16.5. The number of carbonyl (C=O) groups is 1. The second-order valence-electron chi connectivity index (χ2n) is 4.40. The highest BCUT2D eigenvalue weighted by Gasteiger charge is 2.06. The number of anilines is 1. The highest BCUT2D eigenvalue weighted by molar-refractivity contribution is 6.03. The third-order valence-electron chi connectivity index (χ3n) is 2.79. The molecule has 4 heteroatoms. The molecule has 4 nitrogen and oxygen atoms in total. The van der Waals surface area contributed by atoms with Crippen molar-refractivity contribution < 1.29 is 9.53 Å². The van der Waals surface area contributed by atoms with E-state index >= 15 is 0 Å². The molecule has 0 saturated carbocycles. The van der Waals surface area contributed by atoms with Crippen LogP contribution in [-0.4, -0.2) is 17.5 Å². The third-order valence-corrected chi connectivity index (χ3v) is 2.79. The Kier molecular flexibility index (Phi) is 5.12. The van der Waals surface area contributed by atoms with Gasteiger partial charge in [0.05, 0.1) is 6.61 Å². The molecule has 0 spiro atoms. The molecule has 1 aromatic heterocycles. The number of unbranched alkanes of at least 4 members (excludes halogenated alkanes) is 1. The lowest BCUT2D eigenvalue weighted by Gasteiger charge is -2.07. The molecule has 20 heavy (non-hydrogen) atoms. The summed E-state index contributed by atoms with van der Waals surface area (Å²) in [4.78, 5) is 16.0. The van der Waals surface area contributed by atoms with Gasteiger partial charge < -0.3 is 10.1 Å². The van der Waals surface area contributed by atoms with Crippen LogP contribution in [0.15, 0.2) is 48.7 Å². The van der Waals surface area contributed by atoms with Gasteiger partial charge in [-0.2, -0.15) is 0 Å². The van der Waals surface area contributed by atoms with Crippen molar-refractivity contribution in [1.29, 1.82) is 0 Å². The average molecular weight is 270 g/mol. The molecule has 104 valence electrons. The molecule has 1 N–H and O–H groups in total. The molecule has 2 rings (SSSR count). The molecule has 0 saturated heterocycles. The van der Waals surface area contributed by atoms with Crippen LogP contribution in [0, 0.1) is 0 Å². The first kappa shape index (κ1) is 14.1. The standard InChI is InChI=1S/C16H18N2O2/c1-2-3-12-20-14-9-7-13(8-10-14)16(19)18-15-6-4-5-11-17-15/h4-11H,2-3,12H2,1H3,(H,17,18,19). The Morgan fingerprint density at radius 3 is 2.65 bits per heavy atom. The predicted octanol–water partition coefficient (Wildman–Crippen LogP) is 3.51. The molecular weight excluding hydrogens is 252 g/mol. The van der Waals surface area contributed by atoms with Crippen molar-refractivity contribution >= 4 is 11.7 Å². The molecule has 2 aromatic rings. The Labute approximate surface area is 118 Å². The summed E-state index contributed by atoms with van der Waals surface area (Å²) in [6, 6.07) is 12.5. The van der Waals surface area contributed by atoms with Crippen molar-refractivity contribution in [3.63, 3.8) is 0 Å². The lowest BCUT2D eigenvalue weighted by molar-refractivity contribution is 0.102. The second kappa shape index (κ2) is 7.28. The molecule has 1 amide bonds. The highest BCUT2D eigenvalue weighted by Crippen LogP contribution is 2.14. The molecule has 0 aliphatic carbocycles. The number of nitrogens with one attached hydrogen (secondary N) is 1. The van der Waals surface area contributed by atoms with Crippen LogP contribution in [-0.2, 0) is 0 Å². The van der Waals surface area contributed by atoms with E-state index in [9.17, 15) is 4.79 Å². The number of ether oxygens (including phenoxy) is 1. The summed E-state index contributed by atoms with van der Waals surface area (Å²) in [7, 11) is 0. The zero-order valence-corrected chi connectivity index (χ0v) is 11.5. The monoisotopic (exact) mass is 270 g/mol. The van der Waals surface area contributed by atoms with Gasteiger partial charge >= 0.3 is 0 Å². The van der Waals surface area contributed by atoms with E-state index in [-0.39, 0.29) is 5.91 Å². The van der Waals surface area contributed by atoms with Crippen LogP contribution in [0.5, 0.6) is 5.75 Å². The average Bonchev–Trinajstić information content (AvgIpc) is 2.49. The summed E-state index contributed by atoms with van der Waals surface area (Å²) in [6.45, 7) is 2.82. The molecule has 0 atom stereocenters. The molecule has 1 heterocycles. The first-order valence-corrected chi connectivity index (χ1v) is 6.75. The number of hydrogen-bond acceptors (Lipinski definition) is 3. The molecule has 0 unspecified atom stereocenters. The van der Waals surface area contributed by atoms with E-state index in [4.69, 9.17) is 4.74 Å². The van der Waals surface area contributed by atoms with Crippen LogP contribution >= 0.6 is 0 Å². The molecular formula is C16H18N2O2. The van der Waals surface area contributed by atoms with E-state index in [0.717, 1.165) is 18.6 Å². The van der Waals surface area contributed by atoms with Crippen molar-refractivity contribution in [2.75, 3.05) is 11.9 Å². The Morgan fingerprint density at radius 2 is 2.00 bits per heavy atom. The largest absolute Gasteiger partial charge is 0.494 e. The normalized spacial score (nSPS) is 10.1. The van der Waals surface area contributed by atoms with Gasteiger partial charge in [-0.15, -0.1) is 0 Å². The van der Waals surface area contributed by atoms with Crippen LogP contribution in [0.1, 0.15) is 30.1 Å². The lowest BCUT2D eigenvalue weighted by Crippen LogP contribution is -2.12. The summed E-state index contributed by atoms with van der Waals surface area (Å²) in [5, 5.41) is 2.74. The van der Waals surface area contributed by atoms with Gasteiger partial charge in [0.1, 0.15) is 11.6 Å². The minimum Gasteiger partial charge on any atom is -0.494 e. The number of aromatic nitrogens is 1. The Morgan fingerprint density at radius 1 is 1.20 bits per heavy atom. The number of carbonyl (C=O) groups excluding carboxylic acids is 1. The third kappa shape index (κ3) is 4.09. The van der Waals surface area contributed by atoms with Crippen LogP contribution < -0.4 is 10.1 Å². The summed E-state index contributed by atoms with van der Waals surface area (Å²) in [5.74, 6) is 1.15. The van der Waals surface area contributed by atoms with Crippen molar-refractivity contribution in [3.05, 3.63) is 54.2 Å². The molecule has 0 fully saturated rings. The molecule has 0 aliphatic rings. The van der Waals surface area contributed by atoms with E-state index < -0.39 is 0 Å². The number of nitrogens with zero attached hydrogens (tertiary/aromatic N) is 1. The Bertz CT molecular complexity index is 538. The van der Waals surface area contributed by atoms with Crippen molar-refractivity contribution in [3.8, 4) is 5.75 Å². The van der Waals surface area contributed by atoms with E-state index in [1.54, 1.807) is 30.5 Å². The quantitative estimate of drug-likeness (QED) is 0.817. The maximum atomic E-state index is 12.0. The predicted molar refractivity (Wildman–Crippen MR) is 79.0 cm³/mol. The zero-order chi connectivity index (χ0) is 14.2. The minimum atomic E-state index is -0.177. The number of benzene rings is 1. The SMILES string of the molecule is CCCCOc1ccc(C(=O)Nc2ccccn2)cc1. The van der Waals surface area contributed by atoms with E-state index in [1.165, 1.54) is 0 Å². The van der Waals surface area contributed by atoms with E-state index in [0.29, 0.717) is 18.0 Å². The van der Waals surface area contributed by atoms with E-state index in [2.05, 4.69) is 17.2 Å². The summed E-state index contributed by atoms with van der Waals surface area (Å²) >= 11 is 0. The number of pyridine rings is 1. The van der Waals surface area contributed by atoms with Gasteiger partial charge in [0.15, 0.2) is 0 Å². The smallest absolute Gasteiger partial charge is 0.256 e. The van der Waals surface area contributed by atoms with Gasteiger partial charge in [0.25, 0.3) is 5.91 Å². The van der Waals surface area contributed by atoms with Crippen molar-refractivity contribution in [2.24, 2.45) is 0 Å². The minimum absolute atomic E-state index is 0.177. The second-order valence-corrected chi connectivity index (χ2v) is 4.40. The number of rotatable bonds is 6. The van der Waals surface area contributed by atoms with Crippen LogP contribution in [0.25, 0.3) is 0 Å². The maximum Gasteiger partial charge on any atom is 0.256 e. The topological polar surface area (TPSA) is 51.2 Å². The van der Waals surface area contributed by atoms with Crippen molar-refractivity contribution in [1.82, 2.24) is 4.98 Å². The Balaban J connectivity index is 1.94. The van der Waals surface area contributed by atoms with Gasteiger partial charge in [-0.1, -0.05) is 19.4 Å². The first-order chi connectivity index (χ1) is 9.79. The fraction of sp³-hybridized carbons (Fsp3) is 0.250. The summed E-state index contributed by atoms with van der Waals surface area (Å²) in [6.07, 6.45) is 3.77. The maximum absolute atomic E-state index is 12.0. The van der Waals surface area contributed by atoms with Gasteiger partial charge in [0, 0.05) is 11.8 Å². The fourth-order valence-corrected chi connectivity index (χ4v) is 1.66. The number of hydrogen-bond donors (Lipinski definition) is 1. The molecule has 0 radical (unpaired) electrons. The first-order valence-electron chi connectivity index (χ1n) is 6.75. The van der Waals surface area contributed by atoms with E-state index in [1.807, 2.05) is 18.2 Å². The number of amides is 1. The summed E-state index contributed by atoms with van der Waals surface area (Å²) in [5.41, 5.74) is 0.582. The van der Waals surface area contributed by atoms with Crippen LogP contribution in [0.3, 0.4) is 0 Å². The molecule has 0 bridgehead atoms. The Hall–Kier alpha value is -2.36. The zero-order valence-electron chi connectivity index (χ0n) is 11.5. The summed E-state index contributed by atoms with van der Waals surface area (Å²) < 4.78 is 5.56. The van der Waals surface area contributed by atoms with Crippen LogP contribution in [0.2, 0.25) is 0 Å². The molecule has 0 aliphatic heterocycles. The van der Waals surface area contributed by atoms with Gasteiger partial charge in [-0.3, -0.25) is 4.79 Å². The van der Waals surface area contributed by atoms with Crippen LogP contribution in [0.4, 0.5) is 5.82 Å².